The Hall–Kier alpha value is -2.46. The smallest absolute Gasteiger partial charge is 0.145 e. The number of Topliss-reactive ketones (excluding diaryl/α,β-unsaturated/α-hetero) is 1. The van der Waals surface area contributed by atoms with Crippen molar-refractivity contribution in [3.8, 4) is 0 Å². The number of nitrogens with zero attached hydrogens (tertiary/aromatic N) is 2. The molecule has 34 heavy (non-hydrogen) atoms. The van der Waals surface area contributed by atoms with Crippen LogP contribution < -0.4 is 0 Å². The number of rotatable bonds is 7. The molecule has 3 heterocycles. The topological polar surface area (TPSA) is 46.3 Å². The summed E-state index contributed by atoms with van der Waals surface area (Å²) in [6.45, 7) is 6.70. The molecule has 1 aliphatic carbocycles. The minimum absolute atomic E-state index is 0.0697. The van der Waals surface area contributed by atoms with Crippen LogP contribution in [0.5, 0.6) is 0 Å². The highest BCUT2D eigenvalue weighted by Crippen LogP contribution is 2.41. The van der Waals surface area contributed by atoms with Crippen LogP contribution in [0.1, 0.15) is 88.3 Å². The van der Waals surface area contributed by atoms with E-state index in [1.54, 1.807) is 6.26 Å². The quantitative estimate of drug-likeness (QED) is 0.378. The van der Waals surface area contributed by atoms with E-state index in [-0.39, 0.29) is 17.4 Å². The van der Waals surface area contributed by atoms with Crippen LogP contribution in [0.3, 0.4) is 0 Å². The molecule has 1 saturated carbocycles. The molecule has 2 atom stereocenters. The number of aromatic nitrogens is 1. The minimum Gasteiger partial charge on any atom is -0.464 e. The van der Waals surface area contributed by atoms with Crippen molar-refractivity contribution in [3.05, 3.63) is 66.2 Å². The summed E-state index contributed by atoms with van der Waals surface area (Å²) in [5.74, 6) is 1.05. The van der Waals surface area contributed by atoms with E-state index in [4.69, 9.17) is 4.42 Å². The Balaban J connectivity index is 1.29. The van der Waals surface area contributed by atoms with Gasteiger partial charge in [-0.15, -0.1) is 0 Å². The zero-order valence-corrected chi connectivity index (χ0v) is 20.7. The fourth-order valence-electron chi connectivity index (χ4n) is 6.44. The molecule has 0 radical (unpaired) electrons. The van der Waals surface area contributed by atoms with Gasteiger partial charge >= 0.3 is 0 Å². The predicted octanol–water partition coefficient (Wildman–Crippen LogP) is 7.11. The molecule has 2 unspecified atom stereocenters. The van der Waals surface area contributed by atoms with E-state index < -0.39 is 0 Å². The number of furan rings is 1. The predicted molar refractivity (Wildman–Crippen MR) is 137 cm³/mol. The first kappa shape index (κ1) is 23.3. The Morgan fingerprint density at radius 3 is 2.71 bits per heavy atom. The van der Waals surface area contributed by atoms with Crippen LogP contribution in [0.25, 0.3) is 11.0 Å². The molecule has 2 fully saturated rings. The van der Waals surface area contributed by atoms with Crippen LogP contribution in [-0.2, 0) is 4.79 Å². The number of ketones is 1. The van der Waals surface area contributed by atoms with Gasteiger partial charge < -0.3 is 4.42 Å². The van der Waals surface area contributed by atoms with Crippen molar-refractivity contribution in [1.29, 1.82) is 0 Å². The summed E-state index contributed by atoms with van der Waals surface area (Å²) in [4.78, 5) is 20.8. The second-order valence-corrected chi connectivity index (χ2v) is 11.0. The number of likely N-dealkylation sites (tertiary alicyclic amines) is 1. The van der Waals surface area contributed by atoms with Gasteiger partial charge in [0.2, 0.25) is 0 Å². The highest BCUT2D eigenvalue weighted by atomic mass is 16.3. The monoisotopic (exact) mass is 458 g/mol. The van der Waals surface area contributed by atoms with E-state index in [2.05, 4.69) is 48.0 Å². The molecule has 1 aromatic carbocycles. The largest absolute Gasteiger partial charge is 0.464 e. The average molecular weight is 459 g/mol. The third kappa shape index (κ3) is 4.84. The van der Waals surface area contributed by atoms with Gasteiger partial charge in [0.15, 0.2) is 0 Å². The highest BCUT2D eigenvalue weighted by Gasteiger charge is 2.37. The van der Waals surface area contributed by atoms with Crippen molar-refractivity contribution in [3.63, 3.8) is 0 Å². The normalized spacial score (nSPS) is 22.6. The Kier molecular flexibility index (Phi) is 6.87. The van der Waals surface area contributed by atoms with Crippen LogP contribution in [0.2, 0.25) is 0 Å². The van der Waals surface area contributed by atoms with Crippen molar-refractivity contribution in [1.82, 2.24) is 9.88 Å². The molecule has 1 aliphatic heterocycles. The van der Waals surface area contributed by atoms with E-state index in [0.29, 0.717) is 11.7 Å². The molecule has 0 amide bonds. The lowest BCUT2D eigenvalue weighted by molar-refractivity contribution is -0.125. The molecule has 180 valence electrons. The zero-order valence-electron chi connectivity index (χ0n) is 20.7. The first-order valence-corrected chi connectivity index (χ1v) is 13.2. The van der Waals surface area contributed by atoms with Gasteiger partial charge in [-0.3, -0.25) is 14.7 Å². The number of carbonyl (C=O) groups excluding carboxylic acids is 1. The molecule has 4 heteroatoms. The lowest BCUT2D eigenvalue weighted by atomic mass is 9.77. The second-order valence-electron chi connectivity index (χ2n) is 11.0. The number of hydrogen-bond donors (Lipinski definition) is 0. The minimum atomic E-state index is -0.0882. The Bertz CT molecular complexity index is 1100. The molecule has 2 aliphatic rings. The summed E-state index contributed by atoms with van der Waals surface area (Å²) in [6, 6.07) is 14.6. The Labute approximate surface area is 203 Å². The molecule has 1 saturated heterocycles. The summed E-state index contributed by atoms with van der Waals surface area (Å²) < 4.78 is 5.85. The first-order valence-electron chi connectivity index (χ1n) is 13.2. The molecular formula is C30H38N2O2. The number of hydrogen-bond acceptors (Lipinski definition) is 4. The number of benzene rings is 1. The molecule has 3 aromatic rings. The number of fused-ring (bicyclic) bond motifs is 1. The van der Waals surface area contributed by atoms with Gasteiger partial charge in [-0.1, -0.05) is 43.5 Å². The zero-order chi connectivity index (χ0) is 23.5. The molecule has 0 spiro atoms. The van der Waals surface area contributed by atoms with E-state index in [1.807, 2.05) is 24.4 Å². The third-order valence-electron chi connectivity index (χ3n) is 8.38. The number of carbonyl (C=O) groups is 1. The summed E-state index contributed by atoms with van der Waals surface area (Å²) >= 11 is 0. The van der Waals surface area contributed by atoms with Gasteiger partial charge in [0.1, 0.15) is 11.4 Å². The maximum Gasteiger partial charge on any atom is 0.145 e. The van der Waals surface area contributed by atoms with Gasteiger partial charge in [-0.05, 0) is 88.7 Å². The summed E-state index contributed by atoms with van der Waals surface area (Å²) in [7, 11) is 0. The lowest BCUT2D eigenvalue weighted by Gasteiger charge is -2.46. The molecule has 2 aromatic heterocycles. The van der Waals surface area contributed by atoms with Gasteiger partial charge in [-0.25, -0.2) is 0 Å². The number of piperidine rings is 1. The van der Waals surface area contributed by atoms with Crippen molar-refractivity contribution < 1.29 is 9.21 Å². The molecule has 0 bridgehead atoms. The fourth-order valence-corrected chi connectivity index (χ4v) is 6.44. The summed E-state index contributed by atoms with van der Waals surface area (Å²) in [5, 5.41) is 1.19. The van der Waals surface area contributed by atoms with Crippen LogP contribution in [0.4, 0.5) is 0 Å². The van der Waals surface area contributed by atoms with Gasteiger partial charge in [-0.2, -0.15) is 0 Å². The first-order chi connectivity index (χ1) is 16.5. The van der Waals surface area contributed by atoms with E-state index in [9.17, 15) is 4.79 Å². The summed E-state index contributed by atoms with van der Waals surface area (Å²) in [6.07, 6.45) is 12.5. The SMILES string of the molecule is CC1(C)CC(c2cccc3ccoc23)CCN1CCC(C(=O)C1CCCCC1)c1ccccn1. The Morgan fingerprint density at radius 2 is 1.94 bits per heavy atom. The van der Waals surface area contributed by atoms with Crippen molar-refractivity contribution in [2.45, 2.75) is 82.6 Å². The van der Waals surface area contributed by atoms with Gasteiger partial charge in [0.25, 0.3) is 0 Å². The third-order valence-corrected chi connectivity index (χ3v) is 8.38. The highest BCUT2D eigenvalue weighted by molar-refractivity contribution is 5.87. The number of pyridine rings is 1. The van der Waals surface area contributed by atoms with Gasteiger partial charge in [0.05, 0.1) is 17.9 Å². The van der Waals surface area contributed by atoms with Crippen LogP contribution in [0, 0.1) is 5.92 Å². The van der Waals surface area contributed by atoms with E-state index in [0.717, 1.165) is 56.5 Å². The maximum absolute atomic E-state index is 13.6. The van der Waals surface area contributed by atoms with E-state index in [1.165, 1.54) is 30.2 Å². The second kappa shape index (κ2) is 10.0. The van der Waals surface area contributed by atoms with Crippen LogP contribution in [0.15, 0.2) is 59.3 Å². The summed E-state index contributed by atoms with van der Waals surface area (Å²) in [5.41, 5.74) is 3.41. The van der Waals surface area contributed by atoms with Crippen molar-refractivity contribution in [2.75, 3.05) is 13.1 Å². The average Bonchev–Trinajstić information content (AvgIpc) is 3.35. The van der Waals surface area contributed by atoms with Crippen LogP contribution in [-0.4, -0.2) is 34.3 Å². The van der Waals surface area contributed by atoms with Crippen molar-refractivity contribution >= 4 is 16.8 Å². The molecule has 4 nitrogen and oxygen atoms in total. The standard InChI is InChI=1S/C30H38N2O2/c1-30(2)21-24(25-12-8-11-23-16-20-34-29(23)25)14-18-32(30)19-15-26(27-13-6-7-17-31-27)28(33)22-9-4-3-5-10-22/h6-8,11-13,16-17,20,22,24,26H,3-5,9-10,14-15,18-19,21H2,1-2H3. The Morgan fingerprint density at radius 1 is 1.09 bits per heavy atom. The molecular weight excluding hydrogens is 420 g/mol. The number of para-hydroxylation sites is 1. The van der Waals surface area contributed by atoms with Gasteiger partial charge in [0, 0.05) is 23.0 Å². The lowest BCUT2D eigenvalue weighted by Crippen LogP contribution is -2.50. The van der Waals surface area contributed by atoms with Crippen LogP contribution >= 0.6 is 0 Å². The fraction of sp³-hybridized carbons (Fsp3) is 0.533. The van der Waals surface area contributed by atoms with E-state index >= 15 is 0 Å². The maximum atomic E-state index is 13.6. The molecule has 0 N–H and O–H groups in total. The van der Waals surface area contributed by atoms with Crippen molar-refractivity contribution in [2.24, 2.45) is 5.92 Å². The molecule has 5 rings (SSSR count).